The maximum Gasteiger partial charge on any atom is 0.220 e. The first-order valence-corrected chi connectivity index (χ1v) is 11.5. The predicted octanol–water partition coefficient (Wildman–Crippen LogP) is 7.78. The summed E-state index contributed by atoms with van der Waals surface area (Å²) in [5, 5.41) is 2.25. The second-order valence-electron chi connectivity index (χ2n) is 10.1. The van der Waals surface area contributed by atoms with E-state index >= 15 is 0 Å². The number of hydrogen-bond donors (Lipinski definition) is 0. The van der Waals surface area contributed by atoms with Crippen molar-refractivity contribution in [3.63, 3.8) is 0 Å². The summed E-state index contributed by atoms with van der Waals surface area (Å²) in [6, 6.07) is 12.2. The molecule has 0 saturated heterocycles. The molecule has 0 unspecified atom stereocenters. The van der Waals surface area contributed by atoms with Crippen LogP contribution in [-0.4, -0.2) is 0 Å². The van der Waals surface area contributed by atoms with E-state index in [2.05, 4.69) is 104 Å². The lowest BCUT2D eigenvalue weighted by Gasteiger charge is -2.26. The SMILES string of the molecule is [2H]c1c(C)[n+](C)c(-c2cc(C(C)C)cc(C)c2C)c2ccc(C(C(C)C)C(C)C)cc12. The van der Waals surface area contributed by atoms with Gasteiger partial charge in [0, 0.05) is 13.0 Å². The predicted molar refractivity (Wildman–Crippen MR) is 131 cm³/mol. The molecule has 0 aliphatic rings. The second-order valence-corrected chi connectivity index (χ2v) is 10.1. The molecule has 1 nitrogen and oxygen atoms in total. The number of aromatic nitrogens is 1. The number of hydrogen-bond acceptors (Lipinski definition) is 0. The molecule has 1 heterocycles. The van der Waals surface area contributed by atoms with E-state index in [0.717, 1.165) is 11.1 Å². The Bertz CT molecular complexity index is 1110. The summed E-state index contributed by atoms with van der Waals surface area (Å²) >= 11 is 0. The number of pyridine rings is 1. The van der Waals surface area contributed by atoms with Gasteiger partial charge in [-0.05, 0) is 77.3 Å². The van der Waals surface area contributed by atoms with Gasteiger partial charge in [0.25, 0.3) is 0 Å². The molecule has 0 aliphatic heterocycles. The van der Waals surface area contributed by atoms with E-state index in [1.54, 1.807) is 0 Å². The van der Waals surface area contributed by atoms with Crippen LogP contribution in [0, 0.1) is 32.6 Å². The molecule has 160 valence electrons. The second kappa shape index (κ2) is 8.53. The summed E-state index contributed by atoms with van der Waals surface area (Å²) in [5.41, 5.74) is 8.91. The van der Waals surface area contributed by atoms with Crippen LogP contribution < -0.4 is 4.57 Å². The molecule has 3 aromatic rings. The van der Waals surface area contributed by atoms with Gasteiger partial charge in [-0.2, -0.15) is 4.57 Å². The molecule has 3 rings (SSSR count). The van der Waals surface area contributed by atoms with E-state index in [1.165, 1.54) is 38.9 Å². The molecule has 0 atom stereocenters. The molecule has 0 spiro atoms. The van der Waals surface area contributed by atoms with Crippen LogP contribution in [0.3, 0.4) is 0 Å². The van der Waals surface area contributed by atoms with Crippen LogP contribution >= 0.6 is 0 Å². The average molecular weight is 404 g/mol. The van der Waals surface area contributed by atoms with Crippen molar-refractivity contribution in [2.75, 3.05) is 0 Å². The number of fused-ring (bicyclic) bond motifs is 1. The molecule has 30 heavy (non-hydrogen) atoms. The monoisotopic (exact) mass is 403 g/mol. The van der Waals surface area contributed by atoms with Crippen LogP contribution in [-0.2, 0) is 7.05 Å². The molecule has 1 aromatic heterocycles. The first kappa shape index (κ1) is 21.1. The van der Waals surface area contributed by atoms with E-state index in [1.807, 2.05) is 0 Å². The van der Waals surface area contributed by atoms with Crippen molar-refractivity contribution in [2.24, 2.45) is 18.9 Å². The highest BCUT2D eigenvalue weighted by Crippen LogP contribution is 2.37. The zero-order chi connectivity index (χ0) is 23.2. The van der Waals surface area contributed by atoms with Crippen molar-refractivity contribution in [3.8, 4) is 11.3 Å². The number of benzene rings is 2. The third-order valence-electron chi connectivity index (χ3n) is 6.89. The van der Waals surface area contributed by atoms with Crippen LogP contribution in [0.5, 0.6) is 0 Å². The third kappa shape index (κ3) is 4.04. The topological polar surface area (TPSA) is 3.88 Å². The zero-order valence-electron chi connectivity index (χ0n) is 21.6. The van der Waals surface area contributed by atoms with E-state index < -0.39 is 0 Å². The largest absolute Gasteiger partial charge is 0.220 e. The maximum atomic E-state index is 8.93. The Morgan fingerprint density at radius 3 is 2.03 bits per heavy atom. The molecule has 0 fully saturated rings. The first-order valence-electron chi connectivity index (χ1n) is 12.0. The molecule has 1 heteroatoms. The minimum absolute atomic E-state index is 0.482. The third-order valence-corrected chi connectivity index (χ3v) is 6.89. The highest BCUT2D eigenvalue weighted by Gasteiger charge is 2.24. The Hall–Kier alpha value is -2.15. The number of rotatable bonds is 5. The van der Waals surface area contributed by atoms with Crippen LogP contribution in [0.15, 0.2) is 36.4 Å². The Balaban J connectivity index is 2.39. The van der Waals surface area contributed by atoms with Gasteiger partial charge in [-0.1, -0.05) is 59.7 Å². The minimum Gasteiger partial charge on any atom is -0.198 e. The number of aryl methyl sites for hydroxylation is 1. The Labute approximate surface area is 185 Å². The Morgan fingerprint density at radius 1 is 0.833 bits per heavy atom. The van der Waals surface area contributed by atoms with Gasteiger partial charge in [-0.25, -0.2) is 0 Å². The van der Waals surface area contributed by atoms with E-state index in [9.17, 15) is 0 Å². The zero-order valence-corrected chi connectivity index (χ0v) is 20.6. The van der Waals surface area contributed by atoms with Gasteiger partial charge in [0.1, 0.15) is 7.05 Å². The van der Waals surface area contributed by atoms with Crippen molar-refractivity contribution in [1.29, 1.82) is 0 Å². The summed E-state index contributed by atoms with van der Waals surface area (Å²) in [5.74, 6) is 2.12. The first-order chi connectivity index (χ1) is 14.5. The summed E-state index contributed by atoms with van der Waals surface area (Å²) in [6.45, 7) is 20.3. The van der Waals surface area contributed by atoms with Crippen LogP contribution in [0.2, 0.25) is 0 Å². The van der Waals surface area contributed by atoms with Crippen molar-refractivity contribution < 1.29 is 5.94 Å². The smallest absolute Gasteiger partial charge is 0.198 e. The molecule has 0 saturated carbocycles. The van der Waals surface area contributed by atoms with Crippen LogP contribution in [0.25, 0.3) is 22.0 Å². The summed E-state index contributed by atoms with van der Waals surface area (Å²) in [4.78, 5) is 0. The summed E-state index contributed by atoms with van der Waals surface area (Å²) in [6.07, 6.45) is 0. The molecule has 2 aromatic carbocycles. The van der Waals surface area contributed by atoms with Gasteiger partial charge in [0.15, 0.2) is 5.69 Å². The van der Waals surface area contributed by atoms with Crippen molar-refractivity contribution in [1.82, 2.24) is 0 Å². The summed E-state index contributed by atoms with van der Waals surface area (Å²) in [7, 11) is 2.11. The van der Waals surface area contributed by atoms with Gasteiger partial charge in [0.2, 0.25) is 5.69 Å². The fraction of sp³-hybridized carbons (Fsp3) is 0.483. The standard InChI is InChI=1S/C29H40N/c1-17(2)24-13-20(7)22(9)27(16-24)29-26-12-11-23(28(18(3)4)19(5)6)15-25(26)14-21(8)30(29)10/h11-19,28H,1-10H3/q+1/i14D. The molecule has 0 radical (unpaired) electrons. The number of nitrogens with zero attached hydrogens (tertiary/aromatic N) is 1. The fourth-order valence-corrected chi connectivity index (χ4v) is 5.04. The van der Waals surface area contributed by atoms with E-state index in [4.69, 9.17) is 1.37 Å². The normalized spacial score (nSPS) is 12.7. The Morgan fingerprint density at radius 2 is 1.47 bits per heavy atom. The molecular formula is C29H40N+. The van der Waals surface area contributed by atoms with Gasteiger partial charge >= 0.3 is 0 Å². The quantitative estimate of drug-likeness (QED) is 0.383. The van der Waals surface area contributed by atoms with Crippen molar-refractivity contribution >= 4 is 10.8 Å². The van der Waals surface area contributed by atoms with Gasteiger partial charge in [0.05, 0.1) is 12.3 Å². The maximum absolute atomic E-state index is 8.93. The van der Waals surface area contributed by atoms with Gasteiger partial charge < -0.3 is 0 Å². The molecule has 0 aliphatic carbocycles. The highest BCUT2D eigenvalue weighted by atomic mass is 14.9. The van der Waals surface area contributed by atoms with Crippen LogP contribution in [0.4, 0.5) is 0 Å². The molecule has 0 bridgehead atoms. The molecule has 0 N–H and O–H groups in total. The van der Waals surface area contributed by atoms with Crippen molar-refractivity contribution in [3.05, 3.63) is 64.3 Å². The average Bonchev–Trinajstić information content (AvgIpc) is 2.69. The minimum atomic E-state index is 0.482. The summed E-state index contributed by atoms with van der Waals surface area (Å²) < 4.78 is 11.1. The van der Waals surface area contributed by atoms with E-state index in [-0.39, 0.29) is 0 Å². The van der Waals surface area contributed by atoms with Crippen molar-refractivity contribution in [2.45, 2.75) is 74.1 Å². The van der Waals surface area contributed by atoms with E-state index in [0.29, 0.717) is 29.7 Å². The van der Waals surface area contributed by atoms with Crippen LogP contribution in [0.1, 0.15) is 82.7 Å². The van der Waals surface area contributed by atoms with Gasteiger partial charge in [-0.3, -0.25) is 0 Å². The lowest BCUT2D eigenvalue weighted by atomic mass is 9.79. The highest BCUT2D eigenvalue weighted by molar-refractivity contribution is 5.94. The molecular weight excluding hydrogens is 362 g/mol. The lowest BCUT2D eigenvalue weighted by Crippen LogP contribution is -2.35. The fourth-order valence-electron chi connectivity index (χ4n) is 5.04. The lowest BCUT2D eigenvalue weighted by molar-refractivity contribution is -0.665. The molecule has 0 amide bonds. The Kier molecular flexibility index (Phi) is 6.00. The van der Waals surface area contributed by atoms with Gasteiger partial charge in [-0.15, -0.1) is 0 Å².